The topological polar surface area (TPSA) is 34.0 Å². The van der Waals surface area contributed by atoms with Crippen molar-refractivity contribution in [1.82, 2.24) is 9.88 Å². The molecule has 2 aromatic rings. The average Bonchev–Trinajstić information content (AvgIpc) is 3.01. The summed E-state index contributed by atoms with van der Waals surface area (Å²) in [7, 11) is 2.02. The van der Waals surface area contributed by atoms with Gasteiger partial charge in [-0.3, -0.25) is 4.79 Å². The molecule has 1 atom stereocenters. The molecule has 0 aliphatic carbocycles. The minimum absolute atomic E-state index is 0.00510. The molecule has 19 heavy (non-hydrogen) atoms. The average molecular weight is 256 g/mol. The van der Waals surface area contributed by atoms with Gasteiger partial charge in [0.25, 0.3) is 0 Å². The Morgan fingerprint density at radius 3 is 2.74 bits per heavy atom. The SMILES string of the molecule is Cc1ccc(C)c2c1c(C(=O)C1CCCN1)cn2C. The molecule has 1 fully saturated rings. The van der Waals surface area contributed by atoms with E-state index in [0.717, 1.165) is 30.3 Å². The predicted octanol–water partition coefficient (Wildman–Crippen LogP) is 2.73. The lowest BCUT2D eigenvalue weighted by Gasteiger charge is -2.09. The Balaban J connectivity index is 2.19. The van der Waals surface area contributed by atoms with Crippen LogP contribution in [-0.2, 0) is 7.05 Å². The first-order valence-corrected chi connectivity index (χ1v) is 6.92. The molecule has 3 rings (SSSR count). The molecule has 3 nitrogen and oxygen atoms in total. The molecule has 3 heteroatoms. The summed E-state index contributed by atoms with van der Waals surface area (Å²) in [4.78, 5) is 12.7. The van der Waals surface area contributed by atoms with E-state index in [0.29, 0.717) is 0 Å². The van der Waals surface area contributed by atoms with Gasteiger partial charge in [0.1, 0.15) is 0 Å². The van der Waals surface area contributed by atoms with Crippen molar-refractivity contribution in [1.29, 1.82) is 0 Å². The Morgan fingerprint density at radius 2 is 2.05 bits per heavy atom. The summed E-state index contributed by atoms with van der Waals surface area (Å²) in [5.41, 5.74) is 4.46. The molecular formula is C16H20N2O. The molecular weight excluding hydrogens is 236 g/mol. The number of ketones is 1. The van der Waals surface area contributed by atoms with Gasteiger partial charge in [0, 0.05) is 24.2 Å². The van der Waals surface area contributed by atoms with Crippen LogP contribution in [0, 0.1) is 13.8 Å². The van der Waals surface area contributed by atoms with Crippen molar-refractivity contribution in [2.24, 2.45) is 7.05 Å². The summed E-state index contributed by atoms with van der Waals surface area (Å²) in [5, 5.41) is 4.43. The van der Waals surface area contributed by atoms with E-state index in [2.05, 4.69) is 35.9 Å². The van der Waals surface area contributed by atoms with Crippen LogP contribution in [0.3, 0.4) is 0 Å². The van der Waals surface area contributed by atoms with Gasteiger partial charge in [-0.2, -0.15) is 0 Å². The first-order valence-electron chi connectivity index (χ1n) is 6.92. The molecule has 100 valence electrons. The lowest BCUT2D eigenvalue weighted by molar-refractivity contribution is 0.0953. The summed E-state index contributed by atoms with van der Waals surface area (Å²) < 4.78 is 2.08. The van der Waals surface area contributed by atoms with Crippen molar-refractivity contribution >= 4 is 16.7 Å². The second-order valence-electron chi connectivity index (χ2n) is 5.59. The number of carbonyl (C=O) groups excluding carboxylic acids is 1. The molecule has 1 aliphatic heterocycles. The van der Waals surface area contributed by atoms with E-state index in [-0.39, 0.29) is 11.8 Å². The van der Waals surface area contributed by atoms with E-state index in [1.807, 2.05) is 13.2 Å². The summed E-state index contributed by atoms with van der Waals surface area (Å²) in [6, 6.07) is 4.24. The fraction of sp³-hybridized carbons (Fsp3) is 0.438. The maximum Gasteiger partial charge on any atom is 0.181 e. The van der Waals surface area contributed by atoms with Gasteiger partial charge in [0.05, 0.1) is 11.6 Å². The fourth-order valence-corrected chi connectivity index (χ4v) is 3.20. The van der Waals surface area contributed by atoms with Crippen molar-refractivity contribution in [2.75, 3.05) is 6.54 Å². The van der Waals surface area contributed by atoms with Gasteiger partial charge < -0.3 is 9.88 Å². The molecule has 0 spiro atoms. The zero-order valence-corrected chi connectivity index (χ0v) is 11.8. The highest BCUT2D eigenvalue weighted by Crippen LogP contribution is 2.28. The van der Waals surface area contributed by atoms with Gasteiger partial charge in [-0.1, -0.05) is 12.1 Å². The van der Waals surface area contributed by atoms with Crippen LogP contribution in [0.25, 0.3) is 10.9 Å². The summed E-state index contributed by atoms with van der Waals surface area (Å²) >= 11 is 0. The van der Waals surface area contributed by atoms with Crippen LogP contribution in [0.5, 0.6) is 0 Å². The fourth-order valence-electron chi connectivity index (χ4n) is 3.20. The molecule has 0 radical (unpaired) electrons. The van der Waals surface area contributed by atoms with Crippen molar-refractivity contribution in [3.8, 4) is 0 Å². The molecule has 0 bridgehead atoms. The maximum atomic E-state index is 12.7. The molecule has 2 heterocycles. The predicted molar refractivity (Wildman–Crippen MR) is 77.7 cm³/mol. The van der Waals surface area contributed by atoms with Gasteiger partial charge in [-0.25, -0.2) is 0 Å². The number of hydrogen-bond donors (Lipinski definition) is 1. The molecule has 1 aromatic carbocycles. The molecule has 1 saturated heterocycles. The van der Waals surface area contributed by atoms with Crippen molar-refractivity contribution < 1.29 is 4.79 Å². The third-order valence-corrected chi connectivity index (χ3v) is 4.18. The smallest absolute Gasteiger partial charge is 0.181 e. The number of carbonyl (C=O) groups is 1. The Labute approximate surface area is 113 Å². The van der Waals surface area contributed by atoms with E-state index in [4.69, 9.17) is 0 Å². The number of benzene rings is 1. The lowest BCUT2D eigenvalue weighted by atomic mass is 9.98. The number of Topliss-reactive ketones (excluding diaryl/α,β-unsaturated/α-hetero) is 1. The highest BCUT2D eigenvalue weighted by molar-refractivity contribution is 6.12. The van der Waals surface area contributed by atoms with E-state index < -0.39 is 0 Å². The molecule has 0 amide bonds. The first-order chi connectivity index (χ1) is 9.09. The van der Waals surface area contributed by atoms with Gasteiger partial charge >= 0.3 is 0 Å². The standard InChI is InChI=1S/C16H20N2O/c1-10-6-7-11(2)15-14(10)12(9-18(15)3)16(19)13-5-4-8-17-13/h6-7,9,13,17H,4-5,8H2,1-3H3. The maximum absolute atomic E-state index is 12.7. The highest BCUT2D eigenvalue weighted by atomic mass is 16.1. The van der Waals surface area contributed by atoms with Crippen LogP contribution in [0.1, 0.15) is 34.3 Å². The Bertz CT molecular complexity index is 648. The normalized spacial score (nSPS) is 19.2. The first kappa shape index (κ1) is 12.4. The van der Waals surface area contributed by atoms with Crippen LogP contribution < -0.4 is 5.32 Å². The van der Waals surface area contributed by atoms with Gasteiger partial charge in [0.15, 0.2) is 5.78 Å². The molecule has 1 aliphatic rings. The monoisotopic (exact) mass is 256 g/mol. The Hall–Kier alpha value is -1.61. The number of nitrogens with zero attached hydrogens (tertiary/aromatic N) is 1. The van der Waals surface area contributed by atoms with Crippen LogP contribution >= 0.6 is 0 Å². The van der Waals surface area contributed by atoms with E-state index in [1.54, 1.807) is 0 Å². The summed E-state index contributed by atoms with van der Waals surface area (Å²) in [5.74, 6) is 0.247. The minimum atomic E-state index is 0.00510. The van der Waals surface area contributed by atoms with Crippen molar-refractivity contribution in [2.45, 2.75) is 32.7 Å². The minimum Gasteiger partial charge on any atom is -0.350 e. The second kappa shape index (κ2) is 4.49. The number of fused-ring (bicyclic) bond motifs is 1. The number of aryl methyl sites for hydroxylation is 3. The quantitative estimate of drug-likeness (QED) is 0.838. The summed E-state index contributed by atoms with van der Waals surface area (Å²) in [6.07, 6.45) is 4.05. The zero-order chi connectivity index (χ0) is 13.6. The van der Waals surface area contributed by atoms with Crippen LogP contribution in [-0.4, -0.2) is 22.9 Å². The van der Waals surface area contributed by atoms with Crippen molar-refractivity contribution in [3.63, 3.8) is 0 Å². The third kappa shape index (κ3) is 1.89. The van der Waals surface area contributed by atoms with Crippen LogP contribution in [0.2, 0.25) is 0 Å². The van der Waals surface area contributed by atoms with Crippen LogP contribution in [0.4, 0.5) is 0 Å². The number of rotatable bonds is 2. The van der Waals surface area contributed by atoms with E-state index in [9.17, 15) is 4.79 Å². The summed E-state index contributed by atoms with van der Waals surface area (Å²) in [6.45, 7) is 5.14. The van der Waals surface area contributed by atoms with Gasteiger partial charge in [-0.05, 0) is 44.4 Å². The number of nitrogens with one attached hydrogen (secondary N) is 1. The lowest BCUT2D eigenvalue weighted by Crippen LogP contribution is -2.30. The molecule has 1 unspecified atom stereocenters. The van der Waals surface area contributed by atoms with Gasteiger partial charge in [-0.15, -0.1) is 0 Å². The van der Waals surface area contributed by atoms with Crippen LogP contribution in [0.15, 0.2) is 18.3 Å². The molecule has 1 aromatic heterocycles. The third-order valence-electron chi connectivity index (χ3n) is 4.18. The largest absolute Gasteiger partial charge is 0.350 e. The number of aromatic nitrogens is 1. The second-order valence-corrected chi connectivity index (χ2v) is 5.59. The highest BCUT2D eigenvalue weighted by Gasteiger charge is 2.26. The number of hydrogen-bond acceptors (Lipinski definition) is 2. The molecule has 0 saturated carbocycles. The van der Waals surface area contributed by atoms with E-state index in [1.165, 1.54) is 16.6 Å². The van der Waals surface area contributed by atoms with Crippen molar-refractivity contribution in [3.05, 3.63) is 35.0 Å². The van der Waals surface area contributed by atoms with Gasteiger partial charge in [0.2, 0.25) is 0 Å². The zero-order valence-electron chi connectivity index (χ0n) is 11.8. The Kier molecular flexibility index (Phi) is 2.94. The Morgan fingerprint density at radius 1 is 1.32 bits per heavy atom. The molecule has 1 N–H and O–H groups in total. The van der Waals surface area contributed by atoms with E-state index >= 15 is 0 Å².